The summed E-state index contributed by atoms with van der Waals surface area (Å²) in [7, 11) is 0. The van der Waals surface area contributed by atoms with E-state index in [0.29, 0.717) is 54.1 Å². The van der Waals surface area contributed by atoms with E-state index in [1.807, 2.05) is 35.4 Å². The number of hydrogen-bond acceptors (Lipinski definition) is 6. The first-order valence-corrected chi connectivity index (χ1v) is 13.0. The van der Waals surface area contributed by atoms with Crippen LogP contribution in [0.15, 0.2) is 41.3 Å². The molecule has 2 amide bonds. The van der Waals surface area contributed by atoms with Crippen LogP contribution in [0.2, 0.25) is 5.02 Å². The van der Waals surface area contributed by atoms with E-state index in [1.54, 1.807) is 28.8 Å². The van der Waals surface area contributed by atoms with Crippen molar-refractivity contribution in [2.75, 3.05) is 32.4 Å². The summed E-state index contributed by atoms with van der Waals surface area (Å²) in [6.07, 6.45) is 3.42. The number of aromatic nitrogens is 3. The lowest BCUT2D eigenvalue weighted by Crippen LogP contribution is -2.34. The molecule has 0 saturated carbocycles. The lowest BCUT2D eigenvalue weighted by molar-refractivity contribution is 0.0772. The highest BCUT2D eigenvalue weighted by atomic mass is 35.5. The molecule has 1 N–H and O–H groups in total. The average Bonchev–Trinajstić information content (AvgIpc) is 3.43. The van der Waals surface area contributed by atoms with Crippen LogP contribution in [0, 0.1) is 11.8 Å². The Hall–Kier alpha value is -2.78. The van der Waals surface area contributed by atoms with Gasteiger partial charge in [0.2, 0.25) is 0 Å². The molecular weight excluding hydrogens is 474 g/mol. The van der Waals surface area contributed by atoms with E-state index in [0.717, 1.165) is 28.8 Å². The van der Waals surface area contributed by atoms with Gasteiger partial charge in [0.1, 0.15) is 17.6 Å². The smallest absolute Gasteiger partial charge is 0.410 e. The molecule has 34 heavy (non-hydrogen) atoms. The number of aromatic amines is 1. The highest BCUT2D eigenvalue weighted by molar-refractivity contribution is 7.98. The second-order valence-corrected chi connectivity index (χ2v) is 10.2. The van der Waals surface area contributed by atoms with Crippen LogP contribution in [0.4, 0.5) is 4.79 Å². The number of nitrogens with one attached hydrogen (secondary N) is 1. The van der Waals surface area contributed by atoms with Crippen molar-refractivity contribution < 1.29 is 14.3 Å². The molecule has 0 spiro atoms. The Kier molecular flexibility index (Phi) is 6.65. The summed E-state index contributed by atoms with van der Waals surface area (Å²) in [5.41, 5.74) is 2.95. The van der Waals surface area contributed by atoms with Crippen LogP contribution < -0.4 is 0 Å². The number of benzene rings is 2. The lowest BCUT2D eigenvalue weighted by Gasteiger charge is -2.22. The van der Waals surface area contributed by atoms with Gasteiger partial charge in [-0.2, -0.15) is 15.4 Å². The third-order valence-electron chi connectivity index (χ3n) is 6.75. The zero-order valence-electron chi connectivity index (χ0n) is 18.9. The number of nitrogens with zero attached hydrogens (tertiary/aromatic N) is 4. The quantitative estimate of drug-likeness (QED) is 0.533. The molecular formula is C24H26ClN5O3S. The van der Waals surface area contributed by atoms with E-state index in [-0.39, 0.29) is 18.6 Å². The second kappa shape index (κ2) is 9.84. The Morgan fingerprint density at radius 2 is 1.79 bits per heavy atom. The minimum atomic E-state index is -0.292. The summed E-state index contributed by atoms with van der Waals surface area (Å²) >= 11 is 7.77. The van der Waals surface area contributed by atoms with Crippen molar-refractivity contribution in [3.05, 3.63) is 52.5 Å². The van der Waals surface area contributed by atoms with Crippen molar-refractivity contribution in [1.29, 1.82) is 0 Å². The summed E-state index contributed by atoms with van der Waals surface area (Å²) in [6.45, 7) is 2.90. The maximum absolute atomic E-state index is 13.1. The minimum absolute atomic E-state index is 0.0281. The highest BCUT2D eigenvalue weighted by Gasteiger charge is 2.38. The van der Waals surface area contributed by atoms with E-state index in [4.69, 9.17) is 16.3 Å². The fourth-order valence-corrected chi connectivity index (χ4v) is 5.75. The molecule has 0 bridgehead atoms. The number of likely N-dealkylation sites (tertiary alicyclic amines) is 2. The number of carbonyl (C=O) groups is 2. The van der Waals surface area contributed by atoms with Gasteiger partial charge in [-0.3, -0.25) is 4.79 Å². The molecule has 2 aliphatic rings. The molecule has 0 aliphatic carbocycles. The van der Waals surface area contributed by atoms with Crippen molar-refractivity contribution in [2.24, 2.45) is 11.8 Å². The topological polar surface area (TPSA) is 91.4 Å². The summed E-state index contributed by atoms with van der Waals surface area (Å²) in [5.74, 6) is 0.796. The Balaban J connectivity index is 1.15. The first-order valence-electron chi connectivity index (χ1n) is 11.3. The molecule has 2 aromatic carbocycles. The van der Waals surface area contributed by atoms with Gasteiger partial charge in [0.05, 0.1) is 0 Å². The summed E-state index contributed by atoms with van der Waals surface area (Å²) < 4.78 is 5.59. The van der Waals surface area contributed by atoms with Crippen molar-refractivity contribution >= 4 is 46.4 Å². The lowest BCUT2D eigenvalue weighted by atomic mass is 9.92. The van der Waals surface area contributed by atoms with Crippen LogP contribution >= 0.6 is 23.4 Å². The van der Waals surface area contributed by atoms with Crippen LogP contribution in [-0.4, -0.2) is 69.6 Å². The largest absolute Gasteiger partial charge is 0.445 e. The number of ether oxygens (including phenoxy) is 1. The van der Waals surface area contributed by atoms with Crippen molar-refractivity contribution in [3.8, 4) is 0 Å². The maximum atomic E-state index is 13.1. The first kappa shape index (κ1) is 23.0. The fraction of sp³-hybridized carbons (Fsp3) is 0.417. The maximum Gasteiger partial charge on any atom is 0.410 e. The normalized spacial score (nSPS) is 20.3. The van der Waals surface area contributed by atoms with Crippen LogP contribution in [-0.2, 0) is 11.3 Å². The van der Waals surface area contributed by atoms with Gasteiger partial charge in [-0.25, -0.2) is 4.79 Å². The van der Waals surface area contributed by atoms with Crippen molar-refractivity contribution in [2.45, 2.75) is 24.3 Å². The van der Waals surface area contributed by atoms with Gasteiger partial charge in [-0.15, -0.1) is 11.8 Å². The zero-order chi connectivity index (χ0) is 23.7. The number of thioether (sulfide) groups is 1. The van der Waals surface area contributed by atoms with Gasteiger partial charge in [0.25, 0.3) is 5.91 Å². The molecule has 3 heterocycles. The molecule has 2 atom stereocenters. The van der Waals surface area contributed by atoms with Crippen molar-refractivity contribution in [1.82, 2.24) is 25.2 Å². The molecule has 1 aromatic heterocycles. The Morgan fingerprint density at radius 1 is 1.06 bits per heavy atom. The molecule has 10 heteroatoms. The number of H-pyrrole nitrogens is 1. The van der Waals surface area contributed by atoms with Gasteiger partial charge in [0, 0.05) is 41.7 Å². The Labute approximate surface area is 207 Å². The third kappa shape index (κ3) is 4.86. The second-order valence-electron chi connectivity index (χ2n) is 8.88. The average molecular weight is 500 g/mol. The van der Waals surface area contributed by atoms with E-state index in [9.17, 15) is 9.59 Å². The predicted molar refractivity (Wildman–Crippen MR) is 131 cm³/mol. The molecule has 2 aliphatic heterocycles. The van der Waals surface area contributed by atoms with Gasteiger partial charge in [0.15, 0.2) is 0 Å². The molecule has 2 unspecified atom stereocenters. The van der Waals surface area contributed by atoms with Crippen LogP contribution in [0.1, 0.15) is 28.8 Å². The van der Waals surface area contributed by atoms with Gasteiger partial charge in [-0.1, -0.05) is 11.6 Å². The standard InChI is InChI=1S/C24H26ClN5O3S/c1-34-20-9-15(8-19(25)11-20)14-33-24(32)29-6-4-17-12-30(13-18(17)5-7-29)23(31)16-2-3-21-22(10-16)27-28-26-21/h2-3,8-11,17-18H,4-7,12-14H2,1H3,(H,26,27,28). The first-order chi connectivity index (χ1) is 16.5. The van der Waals surface area contributed by atoms with Crippen LogP contribution in [0.3, 0.4) is 0 Å². The number of amides is 2. The summed E-state index contributed by atoms with van der Waals surface area (Å²) in [6, 6.07) is 11.1. The number of rotatable bonds is 4. The highest BCUT2D eigenvalue weighted by Crippen LogP contribution is 2.33. The molecule has 5 rings (SSSR count). The molecule has 0 radical (unpaired) electrons. The van der Waals surface area contributed by atoms with Crippen LogP contribution in [0.5, 0.6) is 0 Å². The summed E-state index contributed by atoms with van der Waals surface area (Å²) in [4.78, 5) is 30.6. The fourth-order valence-electron chi connectivity index (χ4n) is 4.91. The number of hydrogen-bond donors (Lipinski definition) is 1. The number of carbonyl (C=O) groups excluding carboxylic acids is 2. The van der Waals surface area contributed by atoms with Gasteiger partial charge < -0.3 is 14.5 Å². The molecule has 3 aromatic rings. The Morgan fingerprint density at radius 3 is 2.53 bits per heavy atom. The van der Waals surface area contributed by atoms with Gasteiger partial charge >= 0.3 is 6.09 Å². The number of fused-ring (bicyclic) bond motifs is 2. The van der Waals surface area contributed by atoms with Gasteiger partial charge in [-0.05, 0) is 72.9 Å². The van der Waals surface area contributed by atoms with Crippen molar-refractivity contribution in [3.63, 3.8) is 0 Å². The molecule has 178 valence electrons. The van der Waals surface area contributed by atoms with Crippen LogP contribution in [0.25, 0.3) is 11.0 Å². The summed E-state index contributed by atoms with van der Waals surface area (Å²) in [5, 5.41) is 11.3. The van der Waals surface area contributed by atoms with E-state index in [1.165, 1.54) is 0 Å². The zero-order valence-corrected chi connectivity index (χ0v) is 20.4. The van der Waals surface area contributed by atoms with E-state index in [2.05, 4.69) is 15.4 Å². The van der Waals surface area contributed by atoms with E-state index < -0.39 is 0 Å². The molecule has 2 saturated heterocycles. The van der Waals surface area contributed by atoms with E-state index >= 15 is 0 Å². The molecule has 2 fully saturated rings. The molecule has 8 nitrogen and oxygen atoms in total. The predicted octanol–water partition coefficient (Wildman–Crippen LogP) is 4.45. The number of halogens is 1. The SMILES string of the molecule is CSc1cc(Cl)cc(COC(=O)N2CCC3CN(C(=O)c4ccc5n[nH]nc5c4)CC3CC2)c1. The monoisotopic (exact) mass is 499 g/mol. The Bertz CT molecular complexity index is 1200. The third-order valence-corrected chi connectivity index (χ3v) is 7.68. The minimum Gasteiger partial charge on any atom is -0.445 e.